The molecular weight excluding hydrogens is 248 g/mol. The Labute approximate surface area is 115 Å². The number of carbonyl (C=O) groups is 1. The summed E-state index contributed by atoms with van der Waals surface area (Å²) in [5.74, 6) is 2.32. The second kappa shape index (κ2) is 7.36. The summed E-state index contributed by atoms with van der Waals surface area (Å²) in [7, 11) is 1.71. The van der Waals surface area contributed by atoms with E-state index in [4.69, 9.17) is 4.74 Å². The normalized spacial score (nSPS) is 22.6. The van der Waals surface area contributed by atoms with Crippen LogP contribution in [-0.2, 0) is 9.53 Å². The molecule has 1 aliphatic heterocycles. The summed E-state index contributed by atoms with van der Waals surface area (Å²) in [6.07, 6.45) is 1.40. The van der Waals surface area contributed by atoms with Gasteiger partial charge in [0.15, 0.2) is 0 Å². The van der Waals surface area contributed by atoms with Crippen LogP contribution in [0.4, 0.5) is 0 Å². The quantitative estimate of drug-likeness (QED) is 0.769. The zero-order valence-corrected chi connectivity index (χ0v) is 12.7. The number of nitrogens with one attached hydrogen (secondary N) is 2. The molecule has 0 aliphatic carbocycles. The van der Waals surface area contributed by atoms with Crippen molar-refractivity contribution in [1.82, 2.24) is 10.6 Å². The average Bonchev–Trinajstić information content (AvgIpc) is 2.29. The van der Waals surface area contributed by atoms with Crippen LogP contribution in [0.25, 0.3) is 0 Å². The molecule has 0 saturated carbocycles. The zero-order chi connectivity index (χ0) is 13.6. The molecule has 106 valence electrons. The molecule has 2 N–H and O–H groups in total. The highest BCUT2D eigenvalue weighted by Crippen LogP contribution is 2.15. The SMILES string of the molecule is COC(C)(C)CC(C)NC(=O)CC1CSCCN1. The first-order chi connectivity index (χ1) is 8.43. The molecule has 0 aromatic carbocycles. The molecular formula is C13H26N2O2S. The van der Waals surface area contributed by atoms with Gasteiger partial charge in [0, 0.05) is 43.7 Å². The van der Waals surface area contributed by atoms with Crippen LogP contribution in [0.15, 0.2) is 0 Å². The molecule has 5 heteroatoms. The summed E-state index contributed by atoms with van der Waals surface area (Å²) < 4.78 is 5.37. The lowest BCUT2D eigenvalue weighted by Crippen LogP contribution is -2.44. The lowest BCUT2D eigenvalue weighted by atomic mass is 9.99. The van der Waals surface area contributed by atoms with Crippen molar-refractivity contribution in [3.63, 3.8) is 0 Å². The van der Waals surface area contributed by atoms with Gasteiger partial charge in [0.25, 0.3) is 0 Å². The maximum Gasteiger partial charge on any atom is 0.221 e. The number of rotatable bonds is 6. The topological polar surface area (TPSA) is 50.4 Å². The summed E-state index contributed by atoms with van der Waals surface area (Å²) in [6.45, 7) is 7.11. The van der Waals surface area contributed by atoms with E-state index in [0.29, 0.717) is 12.5 Å². The minimum atomic E-state index is -0.189. The first-order valence-electron chi connectivity index (χ1n) is 6.58. The van der Waals surface area contributed by atoms with E-state index in [-0.39, 0.29) is 17.6 Å². The van der Waals surface area contributed by atoms with Crippen molar-refractivity contribution in [1.29, 1.82) is 0 Å². The van der Waals surface area contributed by atoms with Gasteiger partial charge in [-0.15, -0.1) is 0 Å². The first kappa shape index (κ1) is 15.8. The van der Waals surface area contributed by atoms with Crippen LogP contribution in [0.3, 0.4) is 0 Å². The van der Waals surface area contributed by atoms with E-state index in [2.05, 4.69) is 10.6 Å². The van der Waals surface area contributed by atoms with E-state index in [9.17, 15) is 4.79 Å². The van der Waals surface area contributed by atoms with Crippen molar-refractivity contribution in [3.05, 3.63) is 0 Å². The Morgan fingerprint density at radius 2 is 2.33 bits per heavy atom. The highest BCUT2D eigenvalue weighted by molar-refractivity contribution is 7.99. The van der Waals surface area contributed by atoms with Gasteiger partial charge >= 0.3 is 0 Å². The number of ether oxygens (including phenoxy) is 1. The Kier molecular flexibility index (Phi) is 6.46. The van der Waals surface area contributed by atoms with Crippen molar-refractivity contribution >= 4 is 17.7 Å². The molecule has 2 unspecified atom stereocenters. The van der Waals surface area contributed by atoms with E-state index in [0.717, 1.165) is 24.5 Å². The molecule has 2 atom stereocenters. The van der Waals surface area contributed by atoms with Gasteiger partial charge in [-0.25, -0.2) is 0 Å². The molecule has 1 rings (SSSR count). The van der Waals surface area contributed by atoms with Gasteiger partial charge in [-0.1, -0.05) is 0 Å². The van der Waals surface area contributed by atoms with Crippen LogP contribution in [0.1, 0.15) is 33.6 Å². The minimum absolute atomic E-state index is 0.134. The Hall–Kier alpha value is -0.260. The third kappa shape index (κ3) is 6.07. The standard InChI is InChI=1S/C13H26N2O2S/c1-10(8-13(2,3)17-4)15-12(16)7-11-9-18-6-5-14-11/h10-11,14H,5-9H2,1-4H3,(H,15,16). The van der Waals surface area contributed by atoms with Crippen LogP contribution in [0.2, 0.25) is 0 Å². The molecule has 1 heterocycles. The number of methoxy groups -OCH3 is 1. The van der Waals surface area contributed by atoms with Crippen molar-refractivity contribution in [3.8, 4) is 0 Å². The molecule has 1 saturated heterocycles. The fourth-order valence-electron chi connectivity index (χ4n) is 2.18. The summed E-state index contributed by atoms with van der Waals surface area (Å²) >= 11 is 1.92. The Morgan fingerprint density at radius 1 is 1.61 bits per heavy atom. The van der Waals surface area contributed by atoms with Gasteiger partial charge in [-0.05, 0) is 27.2 Å². The van der Waals surface area contributed by atoms with Crippen molar-refractivity contribution in [2.75, 3.05) is 25.2 Å². The molecule has 0 spiro atoms. The van der Waals surface area contributed by atoms with Crippen molar-refractivity contribution < 1.29 is 9.53 Å². The maximum absolute atomic E-state index is 11.9. The number of carbonyl (C=O) groups excluding carboxylic acids is 1. The van der Waals surface area contributed by atoms with Gasteiger partial charge < -0.3 is 15.4 Å². The first-order valence-corrected chi connectivity index (χ1v) is 7.74. The molecule has 0 bridgehead atoms. The lowest BCUT2D eigenvalue weighted by molar-refractivity contribution is -0.122. The largest absolute Gasteiger partial charge is 0.379 e. The van der Waals surface area contributed by atoms with Crippen LogP contribution in [0, 0.1) is 0 Å². The predicted octanol–water partition coefficient (Wildman–Crippen LogP) is 1.40. The van der Waals surface area contributed by atoms with Gasteiger partial charge in [0.2, 0.25) is 5.91 Å². The second-order valence-corrected chi connectivity index (χ2v) is 6.72. The van der Waals surface area contributed by atoms with Crippen LogP contribution in [-0.4, -0.2) is 48.8 Å². The number of thioether (sulfide) groups is 1. The third-order valence-electron chi connectivity index (χ3n) is 3.19. The molecule has 1 amide bonds. The number of hydrogen-bond donors (Lipinski definition) is 2. The van der Waals surface area contributed by atoms with Gasteiger partial charge in [0.05, 0.1) is 5.60 Å². The number of hydrogen-bond acceptors (Lipinski definition) is 4. The summed E-state index contributed by atoms with van der Waals surface area (Å²) in [6, 6.07) is 0.468. The van der Waals surface area contributed by atoms with Crippen LogP contribution in [0.5, 0.6) is 0 Å². The Morgan fingerprint density at radius 3 is 2.89 bits per heavy atom. The molecule has 18 heavy (non-hydrogen) atoms. The summed E-state index contributed by atoms with van der Waals surface area (Å²) in [5, 5.41) is 6.43. The third-order valence-corrected chi connectivity index (χ3v) is 4.32. The van der Waals surface area contributed by atoms with E-state index in [1.807, 2.05) is 32.5 Å². The average molecular weight is 274 g/mol. The van der Waals surface area contributed by atoms with Gasteiger partial charge in [0.1, 0.15) is 0 Å². The smallest absolute Gasteiger partial charge is 0.221 e. The van der Waals surface area contributed by atoms with Crippen molar-refractivity contribution in [2.45, 2.75) is 51.3 Å². The van der Waals surface area contributed by atoms with E-state index >= 15 is 0 Å². The lowest BCUT2D eigenvalue weighted by Gasteiger charge is -2.28. The van der Waals surface area contributed by atoms with Gasteiger partial charge in [-0.3, -0.25) is 4.79 Å². The molecule has 4 nitrogen and oxygen atoms in total. The number of amides is 1. The zero-order valence-electron chi connectivity index (χ0n) is 11.9. The molecule has 1 fully saturated rings. The van der Waals surface area contributed by atoms with Crippen LogP contribution < -0.4 is 10.6 Å². The van der Waals surface area contributed by atoms with Crippen molar-refractivity contribution in [2.24, 2.45) is 0 Å². The molecule has 1 aliphatic rings. The Bertz CT molecular complexity index is 266. The molecule has 0 radical (unpaired) electrons. The van der Waals surface area contributed by atoms with E-state index in [1.165, 1.54) is 0 Å². The monoisotopic (exact) mass is 274 g/mol. The summed E-state index contributed by atoms with van der Waals surface area (Å²) in [5.41, 5.74) is -0.189. The summed E-state index contributed by atoms with van der Waals surface area (Å²) in [4.78, 5) is 11.9. The van der Waals surface area contributed by atoms with Gasteiger partial charge in [-0.2, -0.15) is 11.8 Å². The fraction of sp³-hybridized carbons (Fsp3) is 0.923. The molecule has 0 aromatic heterocycles. The predicted molar refractivity (Wildman–Crippen MR) is 77.0 cm³/mol. The highest BCUT2D eigenvalue weighted by Gasteiger charge is 2.22. The van der Waals surface area contributed by atoms with Crippen LogP contribution >= 0.6 is 11.8 Å². The Balaban J connectivity index is 2.26. The maximum atomic E-state index is 11.9. The highest BCUT2D eigenvalue weighted by atomic mass is 32.2. The molecule has 0 aromatic rings. The minimum Gasteiger partial charge on any atom is -0.379 e. The van der Waals surface area contributed by atoms with E-state index < -0.39 is 0 Å². The van der Waals surface area contributed by atoms with E-state index in [1.54, 1.807) is 7.11 Å². The fourth-order valence-corrected chi connectivity index (χ4v) is 3.13. The second-order valence-electron chi connectivity index (χ2n) is 5.57.